The van der Waals surface area contributed by atoms with Crippen molar-refractivity contribution in [3.63, 3.8) is 0 Å². The van der Waals surface area contributed by atoms with Gasteiger partial charge in [0.2, 0.25) is 0 Å². The Balaban J connectivity index is 1.66. The number of aliphatic hydroxyl groups excluding tert-OH is 1. The van der Waals surface area contributed by atoms with E-state index in [4.69, 9.17) is 11.6 Å². The minimum atomic E-state index is -0.285. The number of carbonyl (C=O) groups is 1. The fourth-order valence-electron chi connectivity index (χ4n) is 2.69. The van der Waals surface area contributed by atoms with E-state index in [1.165, 1.54) is 12.8 Å². The van der Waals surface area contributed by atoms with E-state index in [2.05, 4.69) is 20.5 Å². The Bertz CT molecular complexity index is 486. The molecule has 0 saturated carbocycles. The summed E-state index contributed by atoms with van der Waals surface area (Å²) in [5.41, 5.74) is 0.498. The van der Waals surface area contributed by atoms with Crippen LogP contribution in [0.15, 0.2) is 18.3 Å². The van der Waals surface area contributed by atoms with Gasteiger partial charge in [0, 0.05) is 25.3 Å². The number of rotatable bonds is 6. The molecule has 0 aliphatic carbocycles. The van der Waals surface area contributed by atoms with Gasteiger partial charge in [-0.15, -0.1) is 0 Å². The fourth-order valence-corrected chi connectivity index (χ4v) is 2.86. The Labute approximate surface area is 135 Å². The number of anilines is 1. The molecule has 6 nitrogen and oxygen atoms in total. The van der Waals surface area contributed by atoms with Crippen LogP contribution >= 0.6 is 11.6 Å². The topological polar surface area (TPSA) is 77.5 Å². The number of aliphatic hydroxyl groups is 1. The van der Waals surface area contributed by atoms with Gasteiger partial charge in [0.1, 0.15) is 0 Å². The van der Waals surface area contributed by atoms with Crippen LogP contribution in [0.1, 0.15) is 25.7 Å². The Morgan fingerprint density at radius 3 is 3.14 bits per heavy atom. The van der Waals surface area contributed by atoms with E-state index < -0.39 is 0 Å². The molecule has 1 aliphatic heterocycles. The zero-order valence-electron chi connectivity index (χ0n) is 12.6. The number of aromatic nitrogens is 1. The van der Waals surface area contributed by atoms with E-state index in [0.717, 1.165) is 25.9 Å². The highest BCUT2D eigenvalue weighted by Gasteiger charge is 2.20. The zero-order valence-corrected chi connectivity index (χ0v) is 13.4. The summed E-state index contributed by atoms with van der Waals surface area (Å²) in [5, 5.41) is 15.1. The van der Waals surface area contributed by atoms with Crippen LogP contribution in [0.25, 0.3) is 0 Å². The Kier molecular flexibility index (Phi) is 6.89. The van der Waals surface area contributed by atoms with Gasteiger partial charge >= 0.3 is 6.03 Å². The van der Waals surface area contributed by atoms with E-state index in [1.807, 2.05) is 0 Å². The minimum absolute atomic E-state index is 0.216. The van der Waals surface area contributed by atoms with Gasteiger partial charge < -0.3 is 15.7 Å². The first kappa shape index (κ1) is 17.0. The molecule has 0 radical (unpaired) electrons. The SMILES string of the molecule is O=C(NCCCN1CCCC[C@H]1CO)Nc1cccnc1Cl. The van der Waals surface area contributed by atoms with Gasteiger partial charge in [0.05, 0.1) is 12.3 Å². The van der Waals surface area contributed by atoms with Crippen molar-refractivity contribution in [3.8, 4) is 0 Å². The maximum atomic E-state index is 11.8. The van der Waals surface area contributed by atoms with Crippen molar-refractivity contribution >= 4 is 23.3 Å². The standard InChI is InChI=1S/C15H23ClN4O2/c16-14-13(6-3-7-17-14)19-15(22)18-8-4-10-20-9-2-1-5-12(20)11-21/h3,6-7,12,21H,1-2,4-5,8-11H2,(H2,18,19,22)/t12-/m0/s1. The maximum absolute atomic E-state index is 11.8. The predicted octanol–water partition coefficient (Wildman–Crippen LogP) is 2.09. The molecule has 0 spiro atoms. The average molecular weight is 327 g/mol. The average Bonchev–Trinajstić information content (AvgIpc) is 2.54. The number of carbonyl (C=O) groups excluding carboxylic acids is 1. The molecule has 1 atom stereocenters. The third kappa shape index (κ3) is 5.12. The predicted molar refractivity (Wildman–Crippen MR) is 87.2 cm³/mol. The number of hydrogen-bond acceptors (Lipinski definition) is 4. The molecule has 1 aromatic heterocycles. The first-order valence-corrected chi connectivity index (χ1v) is 8.09. The summed E-state index contributed by atoms with van der Waals surface area (Å²) in [5.74, 6) is 0. The second-order valence-corrected chi connectivity index (χ2v) is 5.80. The monoisotopic (exact) mass is 326 g/mol. The van der Waals surface area contributed by atoms with Gasteiger partial charge in [-0.2, -0.15) is 0 Å². The molecule has 0 bridgehead atoms. The number of piperidine rings is 1. The number of hydrogen-bond donors (Lipinski definition) is 3. The number of pyridine rings is 1. The van der Waals surface area contributed by atoms with Gasteiger partial charge in [0.15, 0.2) is 5.15 Å². The highest BCUT2D eigenvalue weighted by atomic mass is 35.5. The van der Waals surface area contributed by atoms with Crippen molar-refractivity contribution in [2.24, 2.45) is 0 Å². The third-order valence-corrected chi connectivity index (χ3v) is 4.18. The van der Waals surface area contributed by atoms with Gasteiger partial charge in [-0.25, -0.2) is 9.78 Å². The lowest BCUT2D eigenvalue weighted by atomic mass is 10.0. The molecule has 2 amide bonds. The quantitative estimate of drug-likeness (QED) is 0.552. The second kappa shape index (κ2) is 8.92. The Morgan fingerprint density at radius 2 is 2.36 bits per heavy atom. The van der Waals surface area contributed by atoms with Crippen LogP contribution in [0.2, 0.25) is 5.15 Å². The molecule has 1 aliphatic rings. The number of nitrogens with zero attached hydrogens (tertiary/aromatic N) is 2. The Hall–Kier alpha value is -1.37. The summed E-state index contributed by atoms with van der Waals surface area (Å²) in [4.78, 5) is 18.0. The molecule has 7 heteroatoms. The molecule has 1 aromatic rings. The molecule has 1 saturated heterocycles. The minimum Gasteiger partial charge on any atom is -0.395 e. The van der Waals surface area contributed by atoms with Crippen LogP contribution in [-0.4, -0.2) is 53.3 Å². The smallest absolute Gasteiger partial charge is 0.319 e. The summed E-state index contributed by atoms with van der Waals surface area (Å²) in [6.45, 7) is 2.72. The van der Waals surface area contributed by atoms with E-state index in [-0.39, 0.29) is 23.8 Å². The molecular weight excluding hydrogens is 304 g/mol. The second-order valence-electron chi connectivity index (χ2n) is 5.44. The van der Waals surface area contributed by atoms with Gasteiger partial charge in [0.25, 0.3) is 0 Å². The summed E-state index contributed by atoms with van der Waals surface area (Å²) in [6.07, 6.45) is 5.86. The lowest BCUT2D eigenvalue weighted by molar-refractivity contribution is 0.0894. The lowest BCUT2D eigenvalue weighted by Crippen LogP contribution is -2.43. The first-order chi connectivity index (χ1) is 10.7. The van der Waals surface area contributed by atoms with Gasteiger partial charge in [-0.05, 0) is 37.9 Å². The highest BCUT2D eigenvalue weighted by molar-refractivity contribution is 6.32. The molecule has 2 rings (SSSR count). The fraction of sp³-hybridized carbons (Fsp3) is 0.600. The largest absolute Gasteiger partial charge is 0.395 e. The zero-order chi connectivity index (χ0) is 15.8. The number of urea groups is 1. The summed E-state index contributed by atoms with van der Waals surface area (Å²) >= 11 is 5.88. The third-order valence-electron chi connectivity index (χ3n) is 3.87. The van der Waals surface area contributed by atoms with Crippen molar-refractivity contribution in [1.82, 2.24) is 15.2 Å². The maximum Gasteiger partial charge on any atom is 0.319 e. The van der Waals surface area contributed by atoms with Crippen molar-refractivity contribution in [3.05, 3.63) is 23.5 Å². The van der Waals surface area contributed by atoms with Crippen LogP contribution in [0.3, 0.4) is 0 Å². The molecule has 122 valence electrons. The molecule has 1 fully saturated rings. The van der Waals surface area contributed by atoms with Crippen LogP contribution in [0, 0.1) is 0 Å². The summed E-state index contributed by atoms with van der Waals surface area (Å²) in [7, 11) is 0. The van der Waals surface area contributed by atoms with Gasteiger partial charge in [-0.1, -0.05) is 18.0 Å². The number of likely N-dealkylation sites (tertiary alicyclic amines) is 1. The van der Waals surface area contributed by atoms with Crippen LogP contribution < -0.4 is 10.6 Å². The van der Waals surface area contributed by atoms with E-state index >= 15 is 0 Å². The van der Waals surface area contributed by atoms with Gasteiger partial charge in [-0.3, -0.25) is 4.90 Å². The number of amides is 2. The summed E-state index contributed by atoms with van der Waals surface area (Å²) in [6, 6.07) is 3.41. The van der Waals surface area contributed by atoms with Crippen molar-refractivity contribution in [2.45, 2.75) is 31.7 Å². The van der Waals surface area contributed by atoms with E-state index in [0.29, 0.717) is 12.2 Å². The highest BCUT2D eigenvalue weighted by Crippen LogP contribution is 2.17. The van der Waals surface area contributed by atoms with Crippen molar-refractivity contribution in [1.29, 1.82) is 0 Å². The molecule has 0 aromatic carbocycles. The molecule has 3 N–H and O–H groups in total. The van der Waals surface area contributed by atoms with E-state index in [1.54, 1.807) is 18.3 Å². The number of nitrogens with one attached hydrogen (secondary N) is 2. The van der Waals surface area contributed by atoms with E-state index in [9.17, 15) is 9.90 Å². The first-order valence-electron chi connectivity index (χ1n) is 7.71. The lowest BCUT2D eigenvalue weighted by Gasteiger charge is -2.34. The van der Waals surface area contributed by atoms with Crippen LogP contribution in [0.4, 0.5) is 10.5 Å². The molecule has 0 unspecified atom stereocenters. The molecular formula is C15H23ClN4O2. The summed E-state index contributed by atoms with van der Waals surface area (Å²) < 4.78 is 0. The van der Waals surface area contributed by atoms with Crippen LogP contribution in [0.5, 0.6) is 0 Å². The van der Waals surface area contributed by atoms with Crippen molar-refractivity contribution in [2.75, 3.05) is 31.6 Å². The van der Waals surface area contributed by atoms with Crippen molar-refractivity contribution < 1.29 is 9.90 Å². The normalized spacial score (nSPS) is 18.9. The Morgan fingerprint density at radius 1 is 1.50 bits per heavy atom. The molecule has 2 heterocycles. The van der Waals surface area contributed by atoms with Crippen LogP contribution in [-0.2, 0) is 0 Å². The molecule has 22 heavy (non-hydrogen) atoms. The number of halogens is 1.